The molecule has 0 saturated heterocycles. The van der Waals surface area contributed by atoms with Crippen LogP contribution in [0, 0.1) is 17.0 Å². The number of benzene rings is 2. The van der Waals surface area contributed by atoms with E-state index in [1.807, 2.05) is 0 Å². The number of hydrogen-bond acceptors (Lipinski definition) is 4. The van der Waals surface area contributed by atoms with Crippen molar-refractivity contribution in [2.75, 3.05) is 5.32 Å². The number of amides is 1. The van der Waals surface area contributed by atoms with Gasteiger partial charge in [0.05, 0.1) is 15.0 Å². The number of nitrogens with zero attached hydrogens (tertiary/aromatic N) is 1. The zero-order chi connectivity index (χ0) is 19.7. The average Bonchev–Trinajstić information content (AvgIpc) is 3.10. The number of anilines is 1. The molecule has 138 valence electrons. The molecule has 3 aromatic rings. The molecule has 0 unspecified atom stereocenters. The Labute approximate surface area is 168 Å². The molecule has 9 heteroatoms. The Balaban J connectivity index is 1.86. The summed E-state index contributed by atoms with van der Waals surface area (Å²) in [5, 5.41) is 14.2. The summed E-state index contributed by atoms with van der Waals surface area (Å²) in [6, 6.07) is 10.8. The summed E-state index contributed by atoms with van der Waals surface area (Å²) < 4.78 is 5.58. The Morgan fingerprint density at radius 1 is 1.11 bits per heavy atom. The van der Waals surface area contributed by atoms with Crippen LogP contribution in [0.1, 0.15) is 16.1 Å². The number of nitrogens with one attached hydrogen (secondary N) is 1. The minimum Gasteiger partial charge on any atom is -0.451 e. The second-order valence-electron chi connectivity index (χ2n) is 5.60. The number of carbonyl (C=O) groups is 1. The molecular weight excluding hydrogens is 415 g/mol. The Hall–Kier alpha value is -2.54. The number of nitro benzene ring substituents is 1. The molecule has 0 aliphatic carbocycles. The van der Waals surface area contributed by atoms with E-state index in [1.165, 1.54) is 18.2 Å². The molecule has 1 aromatic heterocycles. The highest BCUT2D eigenvalue weighted by Crippen LogP contribution is 2.35. The van der Waals surface area contributed by atoms with Crippen LogP contribution in [0.3, 0.4) is 0 Å². The average molecular weight is 426 g/mol. The lowest BCUT2D eigenvalue weighted by Gasteiger charge is -2.08. The van der Waals surface area contributed by atoms with E-state index < -0.39 is 10.8 Å². The van der Waals surface area contributed by atoms with Crippen LogP contribution in [0.5, 0.6) is 0 Å². The Morgan fingerprint density at radius 2 is 1.85 bits per heavy atom. The van der Waals surface area contributed by atoms with Crippen molar-refractivity contribution in [3.05, 3.63) is 79.0 Å². The minimum absolute atomic E-state index is 0.0370. The number of carbonyl (C=O) groups excluding carboxylic acids is 1. The molecule has 0 atom stereocenters. The van der Waals surface area contributed by atoms with Crippen LogP contribution < -0.4 is 5.32 Å². The first kappa shape index (κ1) is 19.2. The molecule has 0 radical (unpaired) electrons. The highest BCUT2D eigenvalue weighted by Gasteiger charge is 2.19. The quantitative estimate of drug-likeness (QED) is 0.388. The standard InChI is InChI=1S/C18H11Cl3N2O4/c1-9-7-14(23(25)26)12(20)8-13(9)22-18(24)16-6-5-15(27-16)10-3-2-4-11(19)17(10)21/h2-8H,1H3,(H,22,24). The van der Waals surface area contributed by atoms with Crippen LogP contribution in [0.25, 0.3) is 11.3 Å². The van der Waals surface area contributed by atoms with E-state index in [-0.39, 0.29) is 16.5 Å². The molecule has 6 nitrogen and oxygen atoms in total. The number of furan rings is 1. The van der Waals surface area contributed by atoms with Gasteiger partial charge in [-0.2, -0.15) is 0 Å². The van der Waals surface area contributed by atoms with Crippen molar-refractivity contribution in [1.29, 1.82) is 0 Å². The van der Waals surface area contributed by atoms with E-state index in [1.54, 1.807) is 31.2 Å². The summed E-state index contributed by atoms with van der Waals surface area (Å²) >= 11 is 18.1. The third kappa shape index (κ3) is 3.93. The number of aryl methyl sites for hydroxylation is 1. The van der Waals surface area contributed by atoms with E-state index >= 15 is 0 Å². The van der Waals surface area contributed by atoms with Gasteiger partial charge in [0.1, 0.15) is 10.8 Å². The number of hydrogen-bond donors (Lipinski definition) is 1. The van der Waals surface area contributed by atoms with Gasteiger partial charge in [0.25, 0.3) is 11.6 Å². The van der Waals surface area contributed by atoms with Gasteiger partial charge in [-0.25, -0.2) is 0 Å². The van der Waals surface area contributed by atoms with Crippen molar-refractivity contribution in [3.8, 4) is 11.3 Å². The predicted molar refractivity (Wildman–Crippen MR) is 105 cm³/mol. The van der Waals surface area contributed by atoms with Gasteiger partial charge in [0, 0.05) is 17.3 Å². The molecule has 3 rings (SSSR count). The van der Waals surface area contributed by atoms with Gasteiger partial charge in [-0.15, -0.1) is 0 Å². The summed E-state index contributed by atoms with van der Waals surface area (Å²) in [4.78, 5) is 22.8. The van der Waals surface area contributed by atoms with Gasteiger partial charge < -0.3 is 9.73 Å². The lowest BCUT2D eigenvalue weighted by atomic mass is 10.1. The SMILES string of the molecule is Cc1cc([N+](=O)[O-])c(Cl)cc1NC(=O)c1ccc(-c2cccc(Cl)c2Cl)o1. The molecule has 1 amide bonds. The van der Waals surface area contributed by atoms with Crippen molar-refractivity contribution >= 4 is 52.1 Å². The first-order chi connectivity index (χ1) is 12.8. The van der Waals surface area contributed by atoms with Crippen LogP contribution in [0.2, 0.25) is 15.1 Å². The normalized spacial score (nSPS) is 10.7. The van der Waals surface area contributed by atoms with Crippen LogP contribution in [0.15, 0.2) is 46.9 Å². The van der Waals surface area contributed by atoms with E-state index in [0.29, 0.717) is 32.6 Å². The molecule has 27 heavy (non-hydrogen) atoms. The largest absolute Gasteiger partial charge is 0.451 e. The predicted octanol–water partition coefficient (Wildman–Crippen LogP) is 6.38. The third-order valence-electron chi connectivity index (χ3n) is 3.79. The topological polar surface area (TPSA) is 85.4 Å². The fraction of sp³-hybridized carbons (Fsp3) is 0.0556. The molecule has 0 aliphatic heterocycles. The maximum atomic E-state index is 12.5. The summed E-state index contributed by atoms with van der Waals surface area (Å²) in [5.41, 5.74) is 1.15. The van der Waals surface area contributed by atoms with Crippen molar-refractivity contribution in [2.45, 2.75) is 6.92 Å². The zero-order valence-electron chi connectivity index (χ0n) is 13.8. The lowest BCUT2D eigenvalue weighted by Crippen LogP contribution is -2.12. The summed E-state index contributed by atoms with van der Waals surface area (Å²) in [7, 11) is 0. The molecule has 1 heterocycles. The highest BCUT2D eigenvalue weighted by atomic mass is 35.5. The van der Waals surface area contributed by atoms with E-state index in [2.05, 4.69) is 5.32 Å². The smallest absolute Gasteiger partial charge is 0.291 e. The first-order valence-electron chi connectivity index (χ1n) is 7.58. The maximum absolute atomic E-state index is 12.5. The van der Waals surface area contributed by atoms with Crippen LogP contribution in [-0.4, -0.2) is 10.8 Å². The van der Waals surface area contributed by atoms with Crippen molar-refractivity contribution in [1.82, 2.24) is 0 Å². The number of halogens is 3. The van der Waals surface area contributed by atoms with Crippen LogP contribution in [0.4, 0.5) is 11.4 Å². The summed E-state index contributed by atoms with van der Waals surface area (Å²) in [5.74, 6) is -0.117. The second kappa shape index (κ2) is 7.60. The Bertz CT molecular complexity index is 1060. The van der Waals surface area contributed by atoms with Crippen molar-refractivity contribution in [3.63, 3.8) is 0 Å². The molecule has 0 fully saturated rings. The van der Waals surface area contributed by atoms with Crippen molar-refractivity contribution in [2.24, 2.45) is 0 Å². The van der Waals surface area contributed by atoms with Crippen LogP contribution in [-0.2, 0) is 0 Å². The minimum atomic E-state index is -0.589. The molecule has 0 bridgehead atoms. The van der Waals surface area contributed by atoms with Gasteiger partial charge in [0.2, 0.25) is 0 Å². The third-order valence-corrected chi connectivity index (χ3v) is 4.91. The van der Waals surface area contributed by atoms with Gasteiger partial charge in [-0.1, -0.05) is 40.9 Å². The zero-order valence-corrected chi connectivity index (χ0v) is 16.0. The molecule has 0 aliphatic rings. The Morgan fingerprint density at radius 3 is 2.56 bits per heavy atom. The molecule has 1 N–H and O–H groups in total. The van der Waals surface area contributed by atoms with E-state index in [0.717, 1.165) is 0 Å². The van der Waals surface area contributed by atoms with E-state index in [9.17, 15) is 14.9 Å². The second-order valence-corrected chi connectivity index (χ2v) is 6.79. The summed E-state index contributed by atoms with van der Waals surface area (Å²) in [6.07, 6.45) is 0. The number of nitro groups is 1. The van der Waals surface area contributed by atoms with Crippen LogP contribution >= 0.6 is 34.8 Å². The Kier molecular flexibility index (Phi) is 5.41. The maximum Gasteiger partial charge on any atom is 0.291 e. The van der Waals surface area contributed by atoms with E-state index in [4.69, 9.17) is 39.2 Å². The molecular formula is C18H11Cl3N2O4. The fourth-order valence-electron chi connectivity index (χ4n) is 2.42. The highest BCUT2D eigenvalue weighted by molar-refractivity contribution is 6.43. The summed E-state index contributed by atoms with van der Waals surface area (Å²) in [6.45, 7) is 1.62. The lowest BCUT2D eigenvalue weighted by molar-refractivity contribution is -0.384. The monoisotopic (exact) mass is 424 g/mol. The van der Waals surface area contributed by atoms with Gasteiger partial charge in [-0.05, 0) is 42.8 Å². The van der Waals surface area contributed by atoms with Gasteiger partial charge in [-0.3, -0.25) is 14.9 Å². The first-order valence-corrected chi connectivity index (χ1v) is 8.71. The molecule has 2 aromatic carbocycles. The van der Waals surface area contributed by atoms with Gasteiger partial charge in [0.15, 0.2) is 5.76 Å². The number of rotatable bonds is 4. The van der Waals surface area contributed by atoms with Gasteiger partial charge >= 0.3 is 0 Å². The fourth-order valence-corrected chi connectivity index (χ4v) is 3.05. The molecule has 0 spiro atoms. The molecule has 0 saturated carbocycles. The van der Waals surface area contributed by atoms with Crippen molar-refractivity contribution < 1.29 is 14.1 Å².